The lowest BCUT2D eigenvalue weighted by Gasteiger charge is -2.42. The molecule has 0 spiro atoms. The van der Waals surface area contributed by atoms with Crippen molar-refractivity contribution in [3.05, 3.63) is 10.6 Å². The van der Waals surface area contributed by atoms with E-state index in [9.17, 15) is 0 Å². The molecule has 0 saturated carbocycles. The highest BCUT2D eigenvalue weighted by Gasteiger charge is 2.27. The molecule has 2 rings (SSSR count). The van der Waals surface area contributed by atoms with E-state index in [2.05, 4.69) is 56.7 Å². The van der Waals surface area contributed by atoms with E-state index in [-0.39, 0.29) is 5.54 Å². The fourth-order valence-corrected chi connectivity index (χ4v) is 3.64. The van der Waals surface area contributed by atoms with E-state index in [1.807, 2.05) is 11.3 Å². The standard InChI is InChI=1S/C16H30N4S/c1-12(2)17-11-14-13(3)18-15(21-14)19-7-9-20(10-8-19)16(4,5)6/h12,17H,7-11H2,1-6H3. The van der Waals surface area contributed by atoms with Crippen LogP contribution in [0, 0.1) is 6.92 Å². The predicted molar refractivity (Wildman–Crippen MR) is 92.4 cm³/mol. The second-order valence-electron chi connectivity index (χ2n) is 7.19. The van der Waals surface area contributed by atoms with Gasteiger partial charge in [0.25, 0.3) is 0 Å². The van der Waals surface area contributed by atoms with Crippen molar-refractivity contribution >= 4 is 16.5 Å². The van der Waals surface area contributed by atoms with Gasteiger partial charge in [0.15, 0.2) is 5.13 Å². The van der Waals surface area contributed by atoms with E-state index in [1.54, 1.807) is 0 Å². The largest absolute Gasteiger partial charge is 0.346 e. The number of hydrogen-bond acceptors (Lipinski definition) is 5. The Morgan fingerprint density at radius 2 is 1.81 bits per heavy atom. The molecule has 4 nitrogen and oxygen atoms in total. The van der Waals surface area contributed by atoms with Crippen LogP contribution in [-0.4, -0.2) is 47.6 Å². The average molecular weight is 311 g/mol. The first-order valence-electron chi connectivity index (χ1n) is 7.97. The van der Waals surface area contributed by atoms with Gasteiger partial charge in [-0.2, -0.15) is 0 Å². The number of hydrogen-bond donors (Lipinski definition) is 1. The van der Waals surface area contributed by atoms with Crippen LogP contribution in [0.4, 0.5) is 5.13 Å². The molecule has 1 aliphatic rings. The summed E-state index contributed by atoms with van der Waals surface area (Å²) in [5.41, 5.74) is 1.46. The van der Waals surface area contributed by atoms with E-state index in [0.29, 0.717) is 6.04 Å². The van der Waals surface area contributed by atoms with Crippen LogP contribution in [0.1, 0.15) is 45.2 Å². The summed E-state index contributed by atoms with van der Waals surface area (Å²) in [6.07, 6.45) is 0. The van der Waals surface area contributed by atoms with Crippen molar-refractivity contribution in [1.29, 1.82) is 0 Å². The Balaban J connectivity index is 1.96. The van der Waals surface area contributed by atoms with Crippen molar-refractivity contribution in [2.45, 2.75) is 59.7 Å². The number of anilines is 1. The van der Waals surface area contributed by atoms with Crippen LogP contribution < -0.4 is 10.2 Å². The van der Waals surface area contributed by atoms with Gasteiger partial charge in [-0.3, -0.25) is 4.90 Å². The third-order valence-corrected chi connectivity index (χ3v) is 5.27. The normalized spacial score (nSPS) is 17.8. The molecule has 5 heteroatoms. The van der Waals surface area contributed by atoms with Gasteiger partial charge in [-0.15, -0.1) is 11.3 Å². The van der Waals surface area contributed by atoms with Gasteiger partial charge in [0.05, 0.1) is 5.69 Å². The number of thiazole rings is 1. The molecule has 120 valence electrons. The molecule has 1 saturated heterocycles. The Bertz CT molecular complexity index is 453. The van der Waals surface area contributed by atoms with E-state index >= 15 is 0 Å². The quantitative estimate of drug-likeness (QED) is 0.926. The van der Waals surface area contributed by atoms with Crippen LogP contribution >= 0.6 is 11.3 Å². The molecular formula is C16H30N4S. The fraction of sp³-hybridized carbons (Fsp3) is 0.812. The lowest BCUT2D eigenvalue weighted by molar-refractivity contribution is 0.128. The monoisotopic (exact) mass is 310 g/mol. The summed E-state index contributed by atoms with van der Waals surface area (Å²) in [5.74, 6) is 0. The lowest BCUT2D eigenvalue weighted by Crippen LogP contribution is -2.53. The smallest absolute Gasteiger partial charge is 0.185 e. The second-order valence-corrected chi connectivity index (χ2v) is 8.25. The zero-order valence-electron chi connectivity index (χ0n) is 14.4. The maximum absolute atomic E-state index is 4.79. The van der Waals surface area contributed by atoms with E-state index in [4.69, 9.17) is 4.98 Å². The van der Waals surface area contributed by atoms with Crippen molar-refractivity contribution in [2.75, 3.05) is 31.1 Å². The van der Waals surface area contributed by atoms with Gasteiger partial charge < -0.3 is 10.2 Å². The van der Waals surface area contributed by atoms with Gasteiger partial charge in [0.2, 0.25) is 0 Å². The molecule has 0 radical (unpaired) electrons. The van der Waals surface area contributed by atoms with Gasteiger partial charge in [-0.25, -0.2) is 4.98 Å². The Morgan fingerprint density at radius 1 is 1.19 bits per heavy atom. The number of aryl methyl sites for hydroxylation is 1. The molecule has 1 aliphatic heterocycles. The maximum atomic E-state index is 4.79. The minimum Gasteiger partial charge on any atom is -0.346 e. The molecule has 1 fully saturated rings. The summed E-state index contributed by atoms with van der Waals surface area (Å²) in [6, 6.07) is 0.519. The third-order valence-electron chi connectivity index (χ3n) is 4.05. The van der Waals surface area contributed by atoms with E-state index < -0.39 is 0 Å². The molecule has 0 atom stereocenters. The van der Waals surface area contributed by atoms with Gasteiger partial charge in [-0.1, -0.05) is 13.8 Å². The van der Waals surface area contributed by atoms with Gasteiger partial charge in [-0.05, 0) is 27.7 Å². The molecule has 0 aromatic carbocycles. The molecular weight excluding hydrogens is 280 g/mol. The Hall–Kier alpha value is -0.650. The zero-order chi connectivity index (χ0) is 15.6. The maximum Gasteiger partial charge on any atom is 0.185 e. The summed E-state index contributed by atoms with van der Waals surface area (Å²) in [6.45, 7) is 18.7. The molecule has 0 amide bonds. The van der Waals surface area contributed by atoms with Crippen molar-refractivity contribution in [3.63, 3.8) is 0 Å². The highest BCUT2D eigenvalue weighted by molar-refractivity contribution is 7.15. The minimum atomic E-state index is 0.275. The molecule has 0 bridgehead atoms. The van der Waals surface area contributed by atoms with E-state index in [1.165, 1.54) is 15.7 Å². The van der Waals surface area contributed by atoms with Crippen molar-refractivity contribution in [2.24, 2.45) is 0 Å². The first-order chi connectivity index (χ1) is 9.77. The molecule has 1 aromatic rings. The predicted octanol–water partition coefficient (Wildman–Crippen LogP) is 2.87. The summed E-state index contributed by atoms with van der Waals surface area (Å²) >= 11 is 1.85. The average Bonchev–Trinajstić information content (AvgIpc) is 2.77. The Labute approximate surface area is 133 Å². The molecule has 1 aromatic heterocycles. The van der Waals surface area contributed by atoms with Crippen molar-refractivity contribution in [3.8, 4) is 0 Å². The number of nitrogens with one attached hydrogen (secondary N) is 1. The number of nitrogens with zero attached hydrogens (tertiary/aromatic N) is 3. The van der Waals surface area contributed by atoms with Crippen LogP contribution in [0.25, 0.3) is 0 Å². The fourth-order valence-electron chi connectivity index (χ4n) is 2.58. The van der Waals surface area contributed by atoms with Gasteiger partial charge in [0.1, 0.15) is 0 Å². The highest BCUT2D eigenvalue weighted by Crippen LogP contribution is 2.28. The van der Waals surface area contributed by atoms with E-state index in [0.717, 1.165) is 32.7 Å². The molecule has 0 unspecified atom stereocenters. The summed E-state index contributed by atoms with van der Waals surface area (Å²) in [7, 11) is 0. The SMILES string of the molecule is Cc1nc(N2CCN(C(C)(C)C)CC2)sc1CNC(C)C. The first kappa shape index (κ1) is 16.7. The summed E-state index contributed by atoms with van der Waals surface area (Å²) < 4.78 is 0. The van der Waals surface area contributed by atoms with Crippen molar-refractivity contribution in [1.82, 2.24) is 15.2 Å². The topological polar surface area (TPSA) is 31.4 Å². The van der Waals surface area contributed by atoms with Crippen LogP contribution in [0.5, 0.6) is 0 Å². The first-order valence-corrected chi connectivity index (χ1v) is 8.78. The summed E-state index contributed by atoms with van der Waals surface area (Å²) in [4.78, 5) is 11.2. The minimum absolute atomic E-state index is 0.275. The Morgan fingerprint density at radius 3 is 2.33 bits per heavy atom. The van der Waals surface area contributed by atoms with Crippen LogP contribution in [0.2, 0.25) is 0 Å². The molecule has 1 N–H and O–H groups in total. The molecule has 2 heterocycles. The number of piperazine rings is 1. The van der Waals surface area contributed by atoms with Crippen LogP contribution in [-0.2, 0) is 6.54 Å². The molecule has 0 aliphatic carbocycles. The van der Waals surface area contributed by atoms with Crippen LogP contribution in [0.3, 0.4) is 0 Å². The van der Waals surface area contributed by atoms with Gasteiger partial charge >= 0.3 is 0 Å². The highest BCUT2D eigenvalue weighted by atomic mass is 32.1. The lowest BCUT2D eigenvalue weighted by atomic mass is 10.1. The number of aromatic nitrogens is 1. The second kappa shape index (κ2) is 6.63. The Kier molecular flexibility index (Phi) is 5.28. The van der Waals surface area contributed by atoms with Crippen LogP contribution in [0.15, 0.2) is 0 Å². The molecule has 21 heavy (non-hydrogen) atoms. The third kappa shape index (κ3) is 4.41. The van der Waals surface area contributed by atoms with Crippen molar-refractivity contribution < 1.29 is 0 Å². The van der Waals surface area contributed by atoms with Gasteiger partial charge in [0, 0.05) is 49.2 Å². The number of rotatable bonds is 4. The zero-order valence-corrected chi connectivity index (χ0v) is 15.2. The summed E-state index contributed by atoms with van der Waals surface area (Å²) in [5, 5.41) is 4.69.